The maximum atomic E-state index is 13.1. The molecule has 1 atom stereocenters. The average molecular weight is 548 g/mol. The van der Waals surface area contributed by atoms with Crippen molar-refractivity contribution < 1.29 is 19.1 Å². The Balaban J connectivity index is 3.44. The summed E-state index contributed by atoms with van der Waals surface area (Å²) in [7, 11) is 0. The number of nitrogens with zero attached hydrogens (tertiary/aromatic N) is 2. The predicted octanol–water partition coefficient (Wildman–Crippen LogP) is 7.12. The Kier molecular flexibility index (Phi) is 9.53. The van der Waals surface area contributed by atoms with Gasteiger partial charge in [0.05, 0.1) is 16.7 Å². The van der Waals surface area contributed by atoms with E-state index in [1.807, 2.05) is 38.3 Å². The molecule has 0 saturated heterocycles. The zero-order chi connectivity index (χ0) is 23.3. The lowest BCUT2D eigenvalue weighted by molar-refractivity contribution is -0.00420. The van der Waals surface area contributed by atoms with Gasteiger partial charge in [-0.25, -0.2) is 19.5 Å². The van der Waals surface area contributed by atoms with E-state index in [1.54, 1.807) is 52.9 Å². The molecule has 0 aromatic carbocycles. The fourth-order valence-corrected chi connectivity index (χ4v) is 3.32. The summed E-state index contributed by atoms with van der Waals surface area (Å²) in [6.07, 6.45) is 2.86. The van der Waals surface area contributed by atoms with Gasteiger partial charge in [-0.1, -0.05) is 6.08 Å². The third-order valence-corrected chi connectivity index (χ3v) is 4.88. The Morgan fingerprint density at radius 2 is 1.63 bits per heavy atom. The SMILES string of the molecule is C/C(I)=C/C[C@@H](/C(C)=C/c1csc(C)n1)N(C(=O)OC(C)(C)C)C(=O)OC(C)(C)C. The van der Waals surface area contributed by atoms with E-state index in [0.717, 1.165) is 24.8 Å². The molecule has 168 valence electrons. The number of carbonyl (C=O) groups excluding carboxylic acids is 2. The summed E-state index contributed by atoms with van der Waals surface area (Å²) in [5.74, 6) is 0. The van der Waals surface area contributed by atoms with E-state index in [0.29, 0.717) is 6.42 Å². The highest BCUT2D eigenvalue weighted by atomic mass is 127. The van der Waals surface area contributed by atoms with E-state index < -0.39 is 29.4 Å². The smallest absolute Gasteiger partial charge is 0.420 e. The molecule has 2 amide bonds. The highest BCUT2D eigenvalue weighted by molar-refractivity contribution is 14.1. The van der Waals surface area contributed by atoms with Gasteiger partial charge in [0.2, 0.25) is 0 Å². The van der Waals surface area contributed by atoms with Crippen LogP contribution in [0.15, 0.2) is 20.6 Å². The summed E-state index contributed by atoms with van der Waals surface area (Å²) in [6, 6.07) is -0.568. The van der Waals surface area contributed by atoms with Crippen LogP contribution >= 0.6 is 33.9 Å². The van der Waals surface area contributed by atoms with Gasteiger partial charge in [-0.05, 0) is 107 Å². The first-order chi connectivity index (χ1) is 13.6. The fraction of sp³-hybridized carbons (Fsp3) is 0.591. The average Bonchev–Trinajstić information content (AvgIpc) is 2.92. The molecule has 1 rings (SSSR count). The first-order valence-corrected chi connectivity index (χ1v) is 11.7. The minimum Gasteiger partial charge on any atom is -0.443 e. The van der Waals surface area contributed by atoms with Crippen molar-refractivity contribution in [3.05, 3.63) is 31.3 Å². The molecule has 0 N–H and O–H groups in total. The van der Waals surface area contributed by atoms with Crippen molar-refractivity contribution in [1.82, 2.24) is 9.88 Å². The normalized spacial score (nSPS) is 14.3. The number of imide groups is 1. The van der Waals surface area contributed by atoms with E-state index in [2.05, 4.69) is 27.6 Å². The molecule has 8 heteroatoms. The number of thiazole rings is 1. The molecule has 0 spiro atoms. The largest absolute Gasteiger partial charge is 0.443 e. The van der Waals surface area contributed by atoms with Crippen LogP contribution in [0.1, 0.15) is 72.5 Å². The van der Waals surface area contributed by atoms with E-state index in [4.69, 9.17) is 9.47 Å². The van der Waals surface area contributed by atoms with Gasteiger partial charge < -0.3 is 9.47 Å². The topological polar surface area (TPSA) is 68.7 Å². The van der Waals surface area contributed by atoms with Crippen LogP contribution in [0.3, 0.4) is 0 Å². The molecule has 6 nitrogen and oxygen atoms in total. The van der Waals surface area contributed by atoms with Crippen molar-refractivity contribution in [2.24, 2.45) is 0 Å². The second kappa shape index (κ2) is 10.7. The summed E-state index contributed by atoms with van der Waals surface area (Å²) in [5.41, 5.74) is 0.107. The van der Waals surface area contributed by atoms with Crippen molar-refractivity contribution in [3.8, 4) is 0 Å². The zero-order valence-electron chi connectivity index (χ0n) is 19.3. The van der Waals surface area contributed by atoms with Crippen LogP contribution in [-0.4, -0.2) is 39.3 Å². The predicted molar refractivity (Wildman–Crippen MR) is 131 cm³/mol. The third-order valence-electron chi connectivity index (χ3n) is 3.65. The van der Waals surface area contributed by atoms with Crippen LogP contribution < -0.4 is 0 Å². The highest BCUT2D eigenvalue weighted by Gasteiger charge is 2.37. The molecule has 0 aliphatic carbocycles. The number of aromatic nitrogens is 1. The Morgan fingerprint density at radius 1 is 1.13 bits per heavy atom. The van der Waals surface area contributed by atoms with E-state index in [1.165, 1.54) is 0 Å². The monoisotopic (exact) mass is 548 g/mol. The zero-order valence-corrected chi connectivity index (χ0v) is 22.3. The first kappa shape index (κ1) is 26.6. The molecular weight excluding hydrogens is 515 g/mol. The van der Waals surface area contributed by atoms with Crippen LogP contribution in [0.25, 0.3) is 6.08 Å². The number of halogens is 1. The molecule has 0 fully saturated rings. The summed E-state index contributed by atoms with van der Waals surface area (Å²) in [6.45, 7) is 16.4. The van der Waals surface area contributed by atoms with E-state index in [9.17, 15) is 9.59 Å². The molecule has 0 unspecified atom stereocenters. The Bertz CT molecular complexity index is 784. The van der Waals surface area contributed by atoms with Crippen LogP contribution in [0.4, 0.5) is 9.59 Å². The second-order valence-electron chi connectivity index (χ2n) is 9.05. The lowest BCUT2D eigenvalue weighted by Gasteiger charge is -2.33. The molecular formula is C22H33IN2O4S. The number of hydrogen-bond donors (Lipinski definition) is 0. The summed E-state index contributed by atoms with van der Waals surface area (Å²) >= 11 is 3.76. The lowest BCUT2D eigenvalue weighted by atomic mass is 10.0. The summed E-state index contributed by atoms with van der Waals surface area (Å²) in [4.78, 5) is 31.7. The molecule has 0 aliphatic rings. The summed E-state index contributed by atoms with van der Waals surface area (Å²) in [5, 5.41) is 2.89. The lowest BCUT2D eigenvalue weighted by Crippen LogP contribution is -2.49. The molecule has 1 heterocycles. The fourth-order valence-electron chi connectivity index (χ4n) is 2.50. The third kappa shape index (κ3) is 9.59. The number of aryl methyl sites for hydroxylation is 1. The summed E-state index contributed by atoms with van der Waals surface area (Å²) < 4.78 is 12.2. The van der Waals surface area contributed by atoms with E-state index in [-0.39, 0.29) is 0 Å². The van der Waals surface area contributed by atoms with Crippen molar-refractivity contribution in [2.45, 2.75) is 86.0 Å². The molecule has 0 radical (unpaired) electrons. The number of rotatable bonds is 5. The van der Waals surface area contributed by atoms with Gasteiger partial charge in [0.25, 0.3) is 0 Å². The van der Waals surface area contributed by atoms with Crippen molar-refractivity contribution in [3.63, 3.8) is 0 Å². The first-order valence-electron chi connectivity index (χ1n) is 9.77. The van der Waals surface area contributed by atoms with Gasteiger partial charge in [0.15, 0.2) is 0 Å². The number of allylic oxidation sites excluding steroid dienone is 1. The Morgan fingerprint density at radius 3 is 2.00 bits per heavy atom. The second-order valence-corrected chi connectivity index (χ2v) is 11.8. The standard InChI is InChI=1S/C22H33IN2O4S/c1-14(12-17-13-30-16(3)24-17)18(11-10-15(2)23)25(19(26)28-21(4,5)6)20(27)29-22(7,8)9/h10,12-13,18H,11H2,1-9H3/b14-12+,15-10-/t18-/m0/s1. The molecule has 30 heavy (non-hydrogen) atoms. The molecule has 0 saturated carbocycles. The highest BCUT2D eigenvalue weighted by Crippen LogP contribution is 2.25. The quantitative estimate of drug-likeness (QED) is 0.367. The van der Waals surface area contributed by atoms with Crippen LogP contribution in [0.5, 0.6) is 0 Å². The van der Waals surface area contributed by atoms with Crippen molar-refractivity contribution in [2.75, 3.05) is 0 Å². The maximum Gasteiger partial charge on any atom is 0.420 e. The van der Waals surface area contributed by atoms with Gasteiger partial charge in [0, 0.05) is 5.38 Å². The molecule has 0 bridgehead atoms. The van der Waals surface area contributed by atoms with E-state index >= 15 is 0 Å². The number of amides is 2. The minimum absolute atomic E-state index is 0.443. The Labute approximate surface area is 197 Å². The molecule has 0 aliphatic heterocycles. The van der Waals surface area contributed by atoms with Crippen molar-refractivity contribution >= 4 is 52.2 Å². The molecule has 1 aromatic heterocycles. The number of ether oxygens (including phenoxy) is 2. The molecule has 1 aromatic rings. The number of hydrogen-bond acceptors (Lipinski definition) is 6. The van der Waals surface area contributed by atoms with Gasteiger partial charge in [-0.2, -0.15) is 0 Å². The van der Waals surface area contributed by atoms with Crippen molar-refractivity contribution in [1.29, 1.82) is 0 Å². The van der Waals surface area contributed by atoms with Crippen LogP contribution in [-0.2, 0) is 9.47 Å². The van der Waals surface area contributed by atoms with Crippen LogP contribution in [0.2, 0.25) is 0 Å². The van der Waals surface area contributed by atoms with Gasteiger partial charge in [-0.3, -0.25) is 0 Å². The van der Waals surface area contributed by atoms with Gasteiger partial charge >= 0.3 is 12.2 Å². The number of carbonyl (C=O) groups is 2. The Hall–Kier alpha value is -1.42. The van der Waals surface area contributed by atoms with Gasteiger partial charge in [-0.15, -0.1) is 11.3 Å². The maximum absolute atomic E-state index is 13.1. The van der Waals surface area contributed by atoms with Crippen LogP contribution in [0, 0.1) is 6.92 Å². The minimum atomic E-state index is -0.749. The van der Waals surface area contributed by atoms with Gasteiger partial charge in [0.1, 0.15) is 11.2 Å².